The van der Waals surface area contributed by atoms with Crippen molar-refractivity contribution in [2.45, 2.75) is 32.4 Å². The predicted octanol–water partition coefficient (Wildman–Crippen LogP) is 3.91. The first-order chi connectivity index (χ1) is 9.69. The number of hydrogen-bond donors (Lipinski definition) is 1. The minimum absolute atomic E-state index is 0.655. The summed E-state index contributed by atoms with van der Waals surface area (Å²) in [6.45, 7) is 2.84. The summed E-state index contributed by atoms with van der Waals surface area (Å²) in [6, 6.07) is 4.72. The van der Waals surface area contributed by atoms with Gasteiger partial charge in [0, 0.05) is 16.7 Å². The zero-order valence-electron chi connectivity index (χ0n) is 11.7. The largest absolute Gasteiger partial charge is 0.495 e. The minimum atomic E-state index is 0.655. The number of imidazole rings is 1. The Morgan fingerprint density at radius 2 is 2.25 bits per heavy atom. The molecule has 3 rings (SSSR count). The summed E-state index contributed by atoms with van der Waals surface area (Å²) < 4.78 is 8.75. The van der Waals surface area contributed by atoms with E-state index in [-0.39, 0.29) is 0 Å². The lowest BCUT2D eigenvalue weighted by molar-refractivity contribution is 0.416. The molecule has 1 aromatic carbocycles. The average Bonchev–Trinajstić information content (AvgIpc) is 3.16. The van der Waals surface area contributed by atoms with Gasteiger partial charge in [-0.25, -0.2) is 4.98 Å². The van der Waals surface area contributed by atoms with E-state index in [0.29, 0.717) is 6.04 Å². The molecular formula is C15H18BrN3O. The monoisotopic (exact) mass is 335 g/mol. The number of anilines is 1. The molecule has 0 saturated heterocycles. The molecule has 0 aliphatic heterocycles. The van der Waals surface area contributed by atoms with E-state index >= 15 is 0 Å². The molecule has 1 heterocycles. The second kappa shape index (κ2) is 5.48. The highest BCUT2D eigenvalue weighted by molar-refractivity contribution is 9.10. The summed E-state index contributed by atoms with van der Waals surface area (Å²) in [5.74, 6) is 0.856. The van der Waals surface area contributed by atoms with E-state index in [1.165, 1.54) is 18.5 Å². The lowest BCUT2D eigenvalue weighted by Crippen LogP contribution is -2.07. The molecule has 5 heteroatoms. The number of hydrogen-bond acceptors (Lipinski definition) is 3. The molecular weight excluding hydrogens is 318 g/mol. The van der Waals surface area contributed by atoms with Gasteiger partial charge in [0.25, 0.3) is 0 Å². The van der Waals surface area contributed by atoms with Gasteiger partial charge in [-0.05, 0) is 37.5 Å². The number of rotatable bonds is 5. The van der Waals surface area contributed by atoms with Crippen molar-refractivity contribution in [3.63, 3.8) is 0 Å². The SMILES string of the molecule is COc1cc(Br)cc(C)c1NCc1cncn1C1CC1. The van der Waals surface area contributed by atoms with Crippen LogP contribution in [0.2, 0.25) is 0 Å². The zero-order chi connectivity index (χ0) is 14.1. The number of aromatic nitrogens is 2. The van der Waals surface area contributed by atoms with Gasteiger partial charge in [0.15, 0.2) is 0 Å². The fraction of sp³-hybridized carbons (Fsp3) is 0.400. The lowest BCUT2D eigenvalue weighted by atomic mass is 10.2. The first-order valence-electron chi connectivity index (χ1n) is 6.77. The molecule has 20 heavy (non-hydrogen) atoms. The Morgan fingerprint density at radius 3 is 2.95 bits per heavy atom. The normalized spacial score (nSPS) is 14.3. The Bertz CT molecular complexity index is 620. The number of benzene rings is 1. The van der Waals surface area contributed by atoms with E-state index in [2.05, 4.69) is 43.8 Å². The van der Waals surface area contributed by atoms with E-state index < -0.39 is 0 Å². The van der Waals surface area contributed by atoms with E-state index in [0.717, 1.165) is 28.0 Å². The molecule has 0 bridgehead atoms. The molecule has 1 saturated carbocycles. The van der Waals surface area contributed by atoms with Gasteiger partial charge < -0.3 is 14.6 Å². The van der Waals surface area contributed by atoms with Crippen LogP contribution in [0.25, 0.3) is 0 Å². The van der Waals surface area contributed by atoms with Gasteiger partial charge in [0.2, 0.25) is 0 Å². The molecule has 1 aliphatic carbocycles. The third-order valence-corrected chi connectivity index (χ3v) is 4.07. The molecule has 106 valence electrons. The second-order valence-electron chi connectivity index (χ2n) is 5.18. The maximum Gasteiger partial charge on any atom is 0.143 e. The predicted molar refractivity (Wildman–Crippen MR) is 83.3 cm³/mol. The van der Waals surface area contributed by atoms with Crippen LogP contribution in [0.4, 0.5) is 5.69 Å². The van der Waals surface area contributed by atoms with Crippen molar-refractivity contribution in [3.05, 3.63) is 40.4 Å². The smallest absolute Gasteiger partial charge is 0.143 e. The van der Waals surface area contributed by atoms with Crippen LogP contribution in [-0.4, -0.2) is 16.7 Å². The Hall–Kier alpha value is -1.49. The number of aryl methyl sites for hydroxylation is 1. The topological polar surface area (TPSA) is 39.1 Å². The molecule has 1 aliphatic rings. The third-order valence-electron chi connectivity index (χ3n) is 3.62. The van der Waals surface area contributed by atoms with Gasteiger partial charge in [-0.3, -0.25) is 0 Å². The molecule has 0 amide bonds. The number of ether oxygens (including phenoxy) is 1. The Kier molecular flexibility index (Phi) is 3.70. The fourth-order valence-corrected chi connectivity index (χ4v) is 2.98. The Labute approximate surface area is 127 Å². The van der Waals surface area contributed by atoms with E-state index in [1.807, 2.05) is 18.6 Å². The standard InChI is InChI=1S/C15H18BrN3O/c1-10-5-11(16)6-14(20-2)15(10)18-8-13-7-17-9-19(13)12-3-4-12/h5-7,9,12,18H,3-4,8H2,1-2H3. The summed E-state index contributed by atoms with van der Waals surface area (Å²) in [6.07, 6.45) is 6.40. The van der Waals surface area contributed by atoms with Gasteiger partial charge >= 0.3 is 0 Å². The van der Waals surface area contributed by atoms with Crippen LogP contribution in [0, 0.1) is 6.92 Å². The lowest BCUT2D eigenvalue weighted by Gasteiger charge is -2.15. The fourth-order valence-electron chi connectivity index (χ4n) is 2.43. The van der Waals surface area contributed by atoms with Crippen LogP contribution >= 0.6 is 15.9 Å². The van der Waals surface area contributed by atoms with E-state index in [1.54, 1.807) is 7.11 Å². The summed E-state index contributed by atoms with van der Waals surface area (Å²) in [5.41, 5.74) is 3.42. The van der Waals surface area contributed by atoms with Crippen molar-refractivity contribution in [2.24, 2.45) is 0 Å². The van der Waals surface area contributed by atoms with E-state index in [4.69, 9.17) is 4.74 Å². The highest BCUT2D eigenvalue weighted by Crippen LogP contribution is 2.36. The highest BCUT2D eigenvalue weighted by atomic mass is 79.9. The number of nitrogens with one attached hydrogen (secondary N) is 1. The van der Waals surface area contributed by atoms with Gasteiger partial charge in [-0.15, -0.1) is 0 Å². The van der Waals surface area contributed by atoms with Crippen LogP contribution in [0.15, 0.2) is 29.1 Å². The summed E-state index contributed by atoms with van der Waals surface area (Å²) >= 11 is 3.49. The Morgan fingerprint density at radius 1 is 1.45 bits per heavy atom. The van der Waals surface area contributed by atoms with Crippen molar-refractivity contribution in [1.82, 2.24) is 9.55 Å². The zero-order valence-corrected chi connectivity index (χ0v) is 13.3. The maximum absolute atomic E-state index is 5.45. The quantitative estimate of drug-likeness (QED) is 0.900. The van der Waals surface area contributed by atoms with Crippen molar-refractivity contribution >= 4 is 21.6 Å². The minimum Gasteiger partial charge on any atom is -0.495 e. The van der Waals surface area contributed by atoms with E-state index in [9.17, 15) is 0 Å². The van der Waals surface area contributed by atoms with Crippen LogP contribution in [-0.2, 0) is 6.54 Å². The van der Waals surface area contributed by atoms with Crippen molar-refractivity contribution in [1.29, 1.82) is 0 Å². The molecule has 1 aromatic heterocycles. The van der Waals surface area contributed by atoms with Crippen LogP contribution in [0.1, 0.15) is 30.1 Å². The van der Waals surface area contributed by atoms with Crippen molar-refractivity contribution in [3.8, 4) is 5.75 Å². The van der Waals surface area contributed by atoms with Gasteiger partial charge in [-0.1, -0.05) is 15.9 Å². The maximum atomic E-state index is 5.45. The molecule has 4 nitrogen and oxygen atoms in total. The van der Waals surface area contributed by atoms with Gasteiger partial charge in [0.1, 0.15) is 5.75 Å². The van der Waals surface area contributed by atoms with Crippen molar-refractivity contribution in [2.75, 3.05) is 12.4 Å². The number of methoxy groups -OCH3 is 1. The average molecular weight is 336 g/mol. The molecule has 1 fully saturated rings. The Balaban J connectivity index is 1.79. The highest BCUT2D eigenvalue weighted by Gasteiger charge is 2.25. The summed E-state index contributed by atoms with van der Waals surface area (Å²) in [7, 11) is 1.70. The van der Waals surface area contributed by atoms with Gasteiger partial charge in [0.05, 0.1) is 31.4 Å². The first-order valence-corrected chi connectivity index (χ1v) is 7.57. The molecule has 0 spiro atoms. The van der Waals surface area contributed by atoms with Crippen molar-refractivity contribution < 1.29 is 4.74 Å². The summed E-state index contributed by atoms with van der Waals surface area (Å²) in [5, 5.41) is 3.48. The van der Waals surface area contributed by atoms with Crippen LogP contribution < -0.4 is 10.1 Å². The summed E-state index contributed by atoms with van der Waals surface area (Å²) in [4.78, 5) is 4.26. The number of nitrogens with zero attached hydrogens (tertiary/aromatic N) is 2. The second-order valence-corrected chi connectivity index (χ2v) is 6.09. The third kappa shape index (κ3) is 2.68. The van der Waals surface area contributed by atoms with Gasteiger partial charge in [-0.2, -0.15) is 0 Å². The number of halogens is 1. The molecule has 2 aromatic rings. The molecule has 0 unspecified atom stereocenters. The first kappa shape index (κ1) is 13.5. The molecule has 0 atom stereocenters. The van der Waals surface area contributed by atoms with Crippen LogP contribution in [0.3, 0.4) is 0 Å². The molecule has 1 N–H and O–H groups in total. The molecule has 0 radical (unpaired) electrons. The van der Waals surface area contributed by atoms with Crippen LogP contribution in [0.5, 0.6) is 5.75 Å².